The Balaban J connectivity index is 1.99. The standard InChI is InChI=1S/C15H28BNO5/c1-13(2,3)20-12(18)17-8-9-19-11(10-17)16-21-14(4,5)15(6,7)22-16/h11H,8-10H2,1-7H3. The van der Waals surface area contributed by atoms with Gasteiger partial charge >= 0.3 is 13.2 Å². The summed E-state index contributed by atoms with van der Waals surface area (Å²) in [6.07, 6.45) is -0.322. The smallest absolute Gasteiger partial charge is 0.444 e. The SMILES string of the molecule is CC(C)(C)OC(=O)N1CCOC(B2OC(C)(C)C(C)(C)O2)C1. The Morgan fingerprint density at radius 3 is 2.23 bits per heavy atom. The van der Waals surface area contributed by atoms with Crippen molar-refractivity contribution >= 4 is 13.2 Å². The average Bonchev–Trinajstić information content (AvgIpc) is 2.57. The average molecular weight is 313 g/mol. The Kier molecular flexibility index (Phi) is 4.54. The molecule has 2 heterocycles. The fraction of sp³-hybridized carbons (Fsp3) is 0.933. The van der Waals surface area contributed by atoms with Crippen LogP contribution in [-0.2, 0) is 18.8 Å². The molecule has 2 rings (SSSR count). The van der Waals surface area contributed by atoms with Crippen molar-refractivity contribution in [3.05, 3.63) is 0 Å². The van der Waals surface area contributed by atoms with Crippen LogP contribution in [0.1, 0.15) is 48.5 Å². The molecule has 0 aromatic heterocycles. The number of nitrogens with zero attached hydrogens (tertiary/aromatic N) is 1. The van der Waals surface area contributed by atoms with Crippen LogP contribution in [-0.4, -0.2) is 60.6 Å². The van der Waals surface area contributed by atoms with Gasteiger partial charge in [0.25, 0.3) is 0 Å². The zero-order valence-electron chi connectivity index (χ0n) is 14.8. The van der Waals surface area contributed by atoms with E-state index in [0.29, 0.717) is 19.7 Å². The minimum absolute atomic E-state index is 0.303. The predicted molar refractivity (Wildman–Crippen MR) is 83.6 cm³/mol. The van der Waals surface area contributed by atoms with Crippen molar-refractivity contribution in [2.24, 2.45) is 0 Å². The third-order valence-corrected chi connectivity index (χ3v) is 4.32. The first-order chi connectivity index (χ1) is 9.91. The summed E-state index contributed by atoms with van der Waals surface area (Å²) in [4.78, 5) is 13.9. The van der Waals surface area contributed by atoms with Gasteiger partial charge in [0.1, 0.15) is 11.6 Å². The van der Waals surface area contributed by atoms with E-state index in [9.17, 15) is 4.79 Å². The Morgan fingerprint density at radius 2 is 1.73 bits per heavy atom. The highest BCUT2D eigenvalue weighted by Crippen LogP contribution is 2.38. The lowest BCUT2D eigenvalue weighted by Crippen LogP contribution is -2.53. The first kappa shape index (κ1) is 17.6. The van der Waals surface area contributed by atoms with E-state index in [1.807, 2.05) is 48.5 Å². The molecule has 0 aromatic carbocycles. The maximum atomic E-state index is 12.2. The molecule has 2 aliphatic heterocycles. The van der Waals surface area contributed by atoms with Crippen LogP contribution in [0.3, 0.4) is 0 Å². The summed E-state index contributed by atoms with van der Waals surface area (Å²) in [6.45, 7) is 15.0. The van der Waals surface area contributed by atoms with E-state index in [1.165, 1.54) is 0 Å². The van der Waals surface area contributed by atoms with E-state index in [4.69, 9.17) is 18.8 Å². The lowest BCUT2D eigenvalue weighted by Gasteiger charge is -2.34. The van der Waals surface area contributed by atoms with Crippen molar-refractivity contribution in [2.45, 2.75) is 71.3 Å². The van der Waals surface area contributed by atoms with Crippen molar-refractivity contribution in [1.29, 1.82) is 0 Å². The molecule has 0 N–H and O–H groups in total. The van der Waals surface area contributed by atoms with Gasteiger partial charge in [-0.15, -0.1) is 0 Å². The van der Waals surface area contributed by atoms with Crippen LogP contribution in [0.4, 0.5) is 4.79 Å². The zero-order valence-corrected chi connectivity index (χ0v) is 14.8. The van der Waals surface area contributed by atoms with Gasteiger partial charge in [-0.25, -0.2) is 4.79 Å². The van der Waals surface area contributed by atoms with Crippen molar-refractivity contribution < 1.29 is 23.6 Å². The number of morpholine rings is 1. The van der Waals surface area contributed by atoms with Gasteiger partial charge in [0, 0.05) is 13.1 Å². The maximum absolute atomic E-state index is 12.2. The molecule has 7 heteroatoms. The molecule has 0 radical (unpaired) electrons. The van der Waals surface area contributed by atoms with E-state index in [-0.39, 0.29) is 12.1 Å². The molecule has 0 bridgehead atoms. The quantitative estimate of drug-likeness (QED) is 0.695. The monoisotopic (exact) mass is 313 g/mol. The highest BCUT2D eigenvalue weighted by molar-refractivity contribution is 6.47. The zero-order chi connectivity index (χ0) is 16.8. The van der Waals surface area contributed by atoms with Crippen LogP contribution >= 0.6 is 0 Å². The number of carbonyl (C=O) groups excluding carboxylic acids is 1. The summed E-state index contributed by atoms with van der Waals surface area (Å²) < 4.78 is 23.2. The van der Waals surface area contributed by atoms with Crippen LogP contribution in [0.5, 0.6) is 0 Å². The number of amides is 1. The van der Waals surface area contributed by atoms with Gasteiger partial charge in [-0.05, 0) is 48.5 Å². The fourth-order valence-corrected chi connectivity index (χ4v) is 2.37. The van der Waals surface area contributed by atoms with E-state index in [1.54, 1.807) is 4.90 Å². The molecule has 1 atom stereocenters. The van der Waals surface area contributed by atoms with Gasteiger partial charge in [-0.3, -0.25) is 0 Å². The number of hydrogen-bond donors (Lipinski definition) is 0. The molecule has 126 valence electrons. The summed E-state index contributed by atoms with van der Waals surface area (Å²) in [5.74, 6) is 0. The van der Waals surface area contributed by atoms with Crippen LogP contribution in [0, 0.1) is 0 Å². The number of ether oxygens (including phenoxy) is 2. The maximum Gasteiger partial charge on any atom is 0.490 e. The summed E-state index contributed by atoms with van der Waals surface area (Å²) in [7, 11) is -0.477. The molecule has 1 unspecified atom stereocenters. The Labute approximate surface area is 133 Å². The van der Waals surface area contributed by atoms with E-state index in [0.717, 1.165) is 0 Å². The molecule has 6 nitrogen and oxygen atoms in total. The lowest BCUT2D eigenvalue weighted by atomic mass is 9.80. The lowest BCUT2D eigenvalue weighted by molar-refractivity contribution is -0.0275. The number of hydrogen-bond acceptors (Lipinski definition) is 5. The second-order valence-corrected chi connectivity index (χ2v) is 7.96. The summed E-state index contributed by atoms with van der Waals surface area (Å²) >= 11 is 0. The third kappa shape index (κ3) is 3.75. The Morgan fingerprint density at radius 1 is 1.18 bits per heavy atom. The summed E-state index contributed by atoms with van der Waals surface area (Å²) in [5.41, 5.74) is -1.32. The van der Waals surface area contributed by atoms with Crippen molar-refractivity contribution in [1.82, 2.24) is 4.90 Å². The van der Waals surface area contributed by atoms with Crippen LogP contribution < -0.4 is 0 Å². The summed E-state index contributed by atoms with van der Waals surface area (Å²) in [5, 5.41) is 0. The second kappa shape index (κ2) is 5.69. The van der Waals surface area contributed by atoms with E-state index >= 15 is 0 Å². The minimum atomic E-state index is -0.505. The molecule has 0 aliphatic carbocycles. The topological polar surface area (TPSA) is 57.2 Å². The normalized spacial score (nSPS) is 27.9. The van der Waals surface area contributed by atoms with Crippen molar-refractivity contribution in [3.8, 4) is 0 Å². The highest BCUT2D eigenvalue weighted by Gasteiger charge is 2.55. The first-order valence-corrected chi connectivity index (χ1v) is 7.86. The molecule has 2 saturated heterocycles. The van der Waals surface area contributed by atoms with Gasteiger partial charge in [0.05, 0.1) is 17.8 Å². The van der Waals surface area contributed by atoms with Gasteiger partial charge in [0.15, 0.2) is 0 Å². The Bertz CT molecular complexity index is 416. The highest BCUT2D eigenvalue weighted by atomic mass is 16.7. The van der Waals surface area contributed by atoms with Gasteiger partial charge in [0.2, 0.25) is 0 Å². The molecule has 0 saturated carbocycles. The molecule has 0 spiro atoms. The van der Waals surface area contributed by atoms with Crippen molar-refractivity contribution in [2.75, 3.05) is 19.7 Å². The molecular weight excluding hydrogens is 285 g/mol. The minimum Gasteiger partial charge on any atom is -0.444 e. The Hall–Kier alpha value is -0.785. The molecule has 0 aromatic rings. The molecule has 22 heavy (non-hydrogen) atoms. The van der Waals surface area contributed by atoms with E-state index in [2.05, 4.69) is 0 Å². The first-order valence-electron chi connectivity index (χ1n) is 7.86. The fourth-order valence-electron chi connectivity index (χ4n) is 2.37. The number of carbonyl (C=O) groups is 1. The molecule has 1 amide bonds. The van der Waals surface area contributed by atoms with Gasteiger partial charge in [-0.1, -0.05) is 0 Å². The van der Waals surface area contributed by atoms with Crippen LogP contribution in [0.15, 0.2) is 0 Å². The molecular formula is C15H28BNO5. The van der Waals surface area contributed by atoms with Crippen LogP contribution in [0.25, 0.3) is 0 Å². The molecule has 2 fully saturated rings. The summed E-state index contributed by atoms with van der Waals surface area (Å²) in [6, 6.07) is -0.303. The largest absolute Gasteiger partial charge is 0.490 e. The molecule has 2 aliphatic rings. The van der Waals surface area contributed by atoms with Crippen molar-refractivity contribution in [3.63, 3.8) is 0 Å². The van der Waals surface area contributed by atoms with Crippen LogP contribution in [0.2, 0.25) is 0 Å². The second-order valence-electron chi connectivity index (χ2n) is 7.96. The van der Waals surface area contributed by atoms with Gasteiger partial charge < -0.3 is 23.7 Å². The third-order valence-electron chi connectivity index (χ3n) is 4.32. The van der Waals surface area contributed by atoms with Gasteiger partial charge in [-0.2, -0.15) is 0 Å². The number of rotatable bonds is 1. The van der Waals surface area contributed by atoms with E-state index < -0.39 is 23.9 Å². The predicted octanol–water partition coefficient (Wildman–Crippen LogP) is 2.25.